The molecule has 1 saturated carbocycles. The van der Waals surface area contributed by atoms with Crippen molar-refractivity contribution in [1.29, 1.82) is 0 Å². The van der Waals surface area contributed by atoms with Crippen molar-refractivity contribution in [2.45, 2.75) is 44.1 Å². The molecule has 16 heavy (non-hydrogen) atoms. The summed E-state index contributed by atoms with van der Waals surface area (Å²) in [5.74, 6) is 0.744. The maximum absolute atomic E-state index is 8.98. The average Bonchev–Trinajstić information content (AvgIpc) is 2.39. The highest BCUT2D eigenvalue weighted by molar-refractivity contribution is 5.27. The summed E-state index contributed by atoms with van der Waals surface area (Å²) in [7, 11) is 0. The van der Waals surface area contributed by atoms with Crippen LogP contribution in [-0.2, 0) is 0 Å². The summed E-state index contributed by atoms with van der Waals surface area (Å²) < 4.78 is 0. The summed E-state index contributed by atoms with van der Waals surface area (Å²) in [6.45, 7) is 0.0166. The molecule has 1 aromatic rings. The molecule has 1 fully saturated rings. The first-order chi connectivity index (χ1) is 7.81. The smallest absolute Gasteiger partial charge is 0.0624 e. The molecule has 1 aromatic carbocycles. The SMILES string of the molecule is NC(CO)c1ccc(C2CCCCC2)cc1. The minimum absolute atomic E-state index is 0.0166. The molecule has 88 valence electrons. The van der Waals surface area contributed by atoms with Gasteiger partial charge in [0.1, 0.15) is 0 Å². The highest BCUT2D eigenvalue weighted by Crippen LogP contribution is 2.32. The van der Waals surface area contributed by atoms with Gasteiger partial charge in [0.15, 0.2) is 0 Å². The van der Waals surface area contributed by atoms with Gasteiger partial charge in [-0.3, -0.25) is 0 Å². The number of nitrogens with two attached hydrogens (primary N) is 1. The maximum Gasteiger partial charge on any atom is 0.0624 e. The van der Waals surface area contributed by atoms with E-state index in [1.165, 1.54) is 37.7 Å². The summed E-state index contributed by atoms with van der Waals surface area (Å²) in [6.07, 6.45) is 6.77. The molecular formula is C14H21NO. The molecule has 0 aromatic heterocycles. The van der Waals surface area contributed by atoms with Crippen LogP contribution in [0.1, 0.15) is 55.2 Å². The summed E-state index contributed by atoms with van der Waals surface area (Å²) in [4.78, 5) is 0. The average molecular weight is 219 g/mol. The molecule has 0 bridgehead atoms. The monoisotopic (exact) mass is 219 g/mol. The second-order valence-corrected chi connectivity index (χ2v) is 4.79. The number of benzene rings is 1. The van der Waals surface area contributed by atoms with Crippen molar-refractivity contribution in [2.75, 3.05) is 6.61 Å². The largest absolute Gasteiger partial charge is 0.394 e. The molecule has 1 aliphatic carbocycles. The van der Waals surface area contributed by atoms with Crippen molar-refractivity contribution < 1.29 is 5.11 Å². The van der Waals surface area contributed by atoms with Crippen LogP contribution in [0.2, 0.25) is 0 Å². The second-order valence-electron chi connectivity index (χ2n) is 4.79. The van der Waals surface area contributed by atoms with Crippen LogP contribution in [0.5, 0.6) is 0 Å². The Hall–Kier alpha value is -0.860. The Morgan fingerprint density at radius 3 is 2.31 bits per heavy atom. The molecule has 1 unspecified atom stereocenters. The van der Waals surface area contributed by atoms with Crippen molar-refractivity contribution >= 4 is 0 Å². The quantitative estimate of drug-likeness (QED) is 0.821. The van der Waals surface area contributed by atoms with Crippen LogP contribution in [0.25, 0.3) is 0 Å². The van der Waals surface area contributed by atoms with E-state index in [-0.39, 0.29) is 12.6 Å². The number of hydrogen-bond acceptors (Lipinski definition) is 2. The third kappa shape index (κ3) is 2.63. The van der Waals surface area contributed by atoms with Gasteiger partial charge in [-0.15, -0.1) is 0 Å². The molecule has 0 aliphatic heterocycles. The first-order valence-corrected chi connectivity index (χ1v) is 6.27. The lowest BCUT2D eigenvalue weighted by Gasteiger charge is -2.22. The van der Waals surface area contributed by atoms with Crippen LogP contribution in [0.4, 0.5) is 0 Å². The lowest BCUT2D eigenvalue weighted by atomic mass is 9.84. The number of rotatable bonds is 3. The zero-order valence-electron chi connectivity index (χ0n) is 9.73. The van der Waals surface area contributed by atoms with Crippen molar-refractivity contribution in [1.82, 2.24) is 0 Å². The predicted octanol–water partition coefficient (Wildman–Crippen LogP) is 2.73. The maximum atomic E-state index is 8.98. The molecule has 1 atom stereocenters. The van der Waals surface area contributed by atoms with E-state index >= 15 is 0 Å². The van der Waals surface area contributed by atoms with Gasteiger partial charge in [0, 0.05) is 0 Å². The molecule has 2 heteroatoms. The molecular weight excluding hydrogens is 198 g/mol. The van der Waals surface area contributed by atoms with E-state index in [0.717, 1.165) is 11.5 Å². The first-order valence-electron chi connectivity index (χ1n) is 6.27. The van der Waals surface area contributed by atoms with E-state index in [9.17, 15) is 0 Å². The third-order valence-corrected chi connectivity index (χ3v) is 3.64. The van der Waals surface area contributed by atoms with Crippen LogP contribution in [0, 0.1) is 0 Å². The Bertz CT molecular complexity index is 314. The fraction of sp³-hybridized carbons (Fsp3) is 0.571. The molecule has 0 heterocycles. The van der Waals surface area contributed by atoms with Gasteiger partial charge < -0.3 is 10.8 Å². The molecule has 0 radical (unpaired) electrons. The van der Waals surface area contributed by atoms with E-state index in [2.05, 4.69) is 24.3 Å². The molecule has 0 saturated heterocycles. The Kier molecular flexibility index (Phi) is 3.97. The Morgan fingerprint density at radius 2 is 1.75 bits per heavy atom. The lowest BCUT2D eigenvalue weighted by molar-refractivity contribution is 0.268. The lowest BCUT2D eigenvalue weighted by Crippen LogP contribution is -2.14. The van der Waals surface area contributed by atoms with Gasteiger partial charge in [0.25, 0.3) is 0 Å². The summed E-state index contributed by atoms with van der Waals surface area (Å²) in [5, 5.41) is 8.98. The predicted molar refractivity (Wildman–Crippen MR) is 66.3 cm³/mol. The van der Waals surface area contributed by atoms with Crippen LogP contribution in [0.3, 0.4) is 0 Å². The van der Waals surface area contributed by atoms with Gasteiger partial charge in [-0.1, -0.05) is 43.5 Å². The molecule has 2 rings (SSSR count). The fourth-order valence-corrected chi connectivity index (χ4v) is 2.56. The van der Waals surface area contributed by atoms with Crippen LogP contribution < -0.4 is 5.73 Å². The summed E-state index contributed by atoms with van der Waals surface area (Å²) in [5.41, 5.74) is 8.24. The fourth-order valence-electron chi connectivity index (χ4n) is 2.56. The first kappa shape index (κ1) is 11.6. The van der Waals surface area contributed by atoms with E-state index in [0.29, 0.717) is 0 Å². The number of aliphatic hydroxyl groups excluding tert-OH is 1. The van der Waals surface area contributed by atoms with Crippen molar-refractivity contribution in [2.24, 2.45) is 5.73 Å². The highest BCUT2D eigenvalue weighted by Gasteiger charge is 2.15. The van der Waals surface area contributed by atoms with Gasteiger partial charge >= 0.3 is 0 Å². The Morgan fingerprint density at radius 1 is 1.12 bits per heavy atom. The zero-order chi connectivity index (χ0) is 11.4. The second kappa shape index (κ2) is 5.46. The van der Waals surface area contributed by atoms with Gasteiger partial charge in [-0.05, 0) is 29.9 Å². The van der Waals surface area contributed by atoms with Crippen molar-refractivity contribution in [3.8, 4) is 0 Å². The molecule has 0 amide bonds. The summed E-state index contributed by atoms with van der Waals surface area (Å²) >= 11 is 0. The standard InChI is InChI=1S/C14H21NO/c15-14(10-16)13-8-6-12(7-9-13)11-4-2-1-3-5-11/h6-9,11,14,16H,1-5,10,15H2. The van der Waals surface area contributed by atoms with E-state index in [1.807, 2.05) is 0 Å². The van der Waals surface area contributed by atoms with Crippen LogP contribution >= 0.6 is 0 Å². The third-order valence-electron chi connectivity index (χ3n) is 3.64. The van der Waals surface area contributed by atoms with Gasteiger partial charge in [0.2, 0.25) is 0 Å². The van der Waals surface area contributed by atoms with E-state index in [1.54, 1.807) is 0 Å². The van der Waals surface area contributed by atoms with Gasteiger partial charge in [-0.25, -0.2) is 0 Å². The molecule has 0 spiro atoms. The number of aliphatic hydroxyl groups is 1. The minimum atomic E-state index is -0.236. The highest BCUT2D eigenvalue weighted by atomic mass is 16.3. The molecule has 3 N–H and O–H groups in total. The Labute approximate surface area is 97.5 Å². The topological polar surface area (TPSA) is 46.2 Å². The van der Waals surface area contributed by atoms with Crippen molar-refractivity contribution in [3.05, 3.63) is 35.4 Å². The molecule has 2 nitrogen and oxygen atoms in total. The zero-order valence-corrected chi connectivity index (χ0v) is 9.73. The van der Waals surface area contributed by atoms with Gasteiger partial charge in [-0.2, -0.15) is 0 Å². The van der Waals surface area contributed by atoms with Crippen LogP contribution in [0.15, 0.2) is 24.3 Å². The van der Waals surface area contributed by atoms with E-state index < -0.39 is 0 Å². The van der Waals surface area contributed by atoms with Crippen LogP contribution in [-0.4, -0.2) is 11.7 Å². The normalized spacial score (nSPS) is 19.6. The minimum Gasteiger partial charge on any atom is -0.394 e. The van der Waals surface area contributed by atoms with E-state index in [4.69, 9.17) is 10.8 Å². The van der Waals surface area contributed by atoms with Crippen molar-refractivity contribution in [3.63, 3.8) is 0 Å². The van der Waals surface area contributed by atoms with Gasteiger partial charge in [0.05, 0.1) is 12.6 Å². The number of hydrogen-bond donors (Lipinski definition) is 2. The summed E-state index contributed by atoms with van der Waals surface area (Å²) in [6, 6.07) is 8.25. The molecule has 1 aliphatic rings. The Balaban J connectivity index is 2.06.